The molecule has 4 nitrogen and oxygen atoms in total. The fraction of sp³-hybridized carbons (Fsp3) is 0.222. The maximum Gasteiger partial charge on any atom is 0.344 e. The van der Waals surface area contributed by atoms with E-state index in [1.54, 1.807) is 24.3 Å². The van der Waals surface area contributed by atoms with Gasteiger partial charge in [0.2, 0.25) is 0 Å². The van der Waals surface area contributed by atoms with Gasteiger partial charge in [0.15, 0.2) is 6.61 Å². The van der Waals surface area contributed by atoms with Crippen molar-refractivity contribution in [3.05, 3.63) is 64.7 Å². The molecule has 0 aliphatic rings. The summed E-state index contributed by atoms with van der Waals surface area (Å²) in [5.74, 6) is 0.296. The molecule has 0 unspecified atom stereocenters. The second kappa shape index (κ2) is 7.28. The topological polar surface area (TPSA) is 59.3 Å². The van der Waals surface area contributed by atoms with E-state index in [0.29, 0.717) is 5.56 Å². The van der Waals surface area contributed by atoms with E-state index in [1.807, 2.05) is 38.1 Å². The lowest BCUT2D eigenvalue weighted by atomic mass is 10.1. The lowest BCUT2D eigenvalue weighted by Gasteiger charge is -2.11. The molecule has 0 saturated carbocycles. The molecule has 0 spiro atoms. The van der Waals surface area contributed by atoms with Gasteiger partial charge in [0.05, 0.1) is 11.6 Å². The van der Waals surface area contributed by atoms with Crippen LogP contribution in [-0.2, 0) is 16.1 Å². The molecule has 0 N–H and O–H groups in total. The van der Waals surface area contributed by atoms with Gasteiger partial charge in [-0.3, -0.25) is 0 Å². The Balaban J connectivity index is 1.84. The average Bonchev–Trinajstić information content (AvgIpc) is 2.53. The van der Waals surface area contributed by atoms with Crippen LogP contribution in [0.2, 0.25) is 0 Å². The molecule has 2 aromatic carbocycles. The van der Waals surface area contributed by atoms with E-state index in [1.165, 1.54) is 0 Å². The van der Waals surface area contributed by atoms with Gasteiger partial charge < -0.3 is 9.47 Å². The van der Waals surface area contributed by atoms with Crippen molar-refractivity contribution in [3.63, 3.8) is 0 Å². The van der Waals surface area contributed by atoms with Gasteiger partial charge in [0, 0.05) is 0 Å². The smallest absolute Gasteiger partial charge is 0.344 e. The normalized spacial score (nSPS) is 9.86. The summed E-state index contributed by atoms with van der Waals surface area (Å²) in [7, 11) is 0. The number of para-hydroxylation sites is 1. The highest BCUT2D eigenvalue weighted by atomic mass is 16.6. The number of ether oxygens (including phenoxy) is 2. The maximum absolute atomic E-state index is 11.7. The highest BCUT2D eigenvalue weighted by Crippen LogP contribution is 2.22. The molecule has 0 atom stereocenters. The average molecular weight is 295 g/mol. The molecule has 0 heterocycles. The van der Waals surface area contributed by atoms with E-state index in [2.05, 4.69) is 0 Å². The summed E-state index contributed by atoms with van der Waals surface area (Å²) in [5.41, 5.74) is 3.38. The summed E-state index contributed by atoms with van der Waals surface area (Å²) in [4.78, 5) is 11.7. The van der Waals surface area contributed by atoms with Crippen LogP contribution >= 0.6 is 0 Å². The molecule has 4 heteroatoms. The zero-order chi connectivity index (χ0) is 15.9. The second-order valence-electron chi connectivity index (χ2n) is 4.98. The SMILES string of the molecule is Cc1cccc(C)c1OCC(=O)OCc1ccc(C#N)cc1. The fourth-order valence-electron chi connectivity index (χ4n) is 2.04. The van der Waals surface area contributed by atoms with Crippen LogP contribution in [0.5, 0.6) is 5.75 Å². The number of carbonyl (C=O) groups excluding carboxylic acids is 1. The van der Waals surface area contributed by atoms with Crippen LogP contribution in [0.15, 0.2) is 42.5 Å². The van der Waals surface area contributed by atoms with E-state index in [4.69, 9.17) is 14.7 Å². The predicted octanol–water partition coefficient (Wildman–Crippen LogP) is 3.30. The number of carbonyl (C=O) groups is 1. The molecule has 0 saturated heterocycles. The molecule has 2 aromatic rings. The molecule has 22 heavy (non-hydrogen) atoms. The summed E-state index contributed by atoms with van der Waals surface area (Å²) in [6.45, 7) is 3.91. The van der Waals surface area contributed by atoms with Crippen LogP contribution in [0.4, 0.5) is 0 Å². The van der Waals surface area contributed by atoms with Crippen LogP contribution in [-0.4, -0.2) is 12.6 Å². The Bertz CT molecular complexity index is 679. The van der Waals surface area contributed by atoms with Crippen molar-refractivity contribution in [3.8, 4) is 11.8 Å². The minimum atomic E-state index is -0.424. The quantitative estimate of drug-likeness (QED) is 0.794. The first-order valence-corrected chi connectivity index (χ1v) is 6.94. The van der Waals surface area contributed by atoms with Gasteiger partial charge in [-0.1, -0.05) is 30.3 Å². The van der Waals surface area contributed by atoms with Gasteiger partial charge in [0.1, 0.15) is 12.4 Å². The van der Waals surface area contributed by atoms with Crippen LogP contribution in [0.3, 0.4) is 0 Å². The Morgan fingerprint density at radius 3 is 2.32 bits per heavy atom. The van der Waals surface area contributed by atoms with E-state index in [-0.39, 0.29) is 13.2 Å². The molecule has 0 aliphatic heterocycles. The monoisotopic (exact) mass is 295 g/mol. The van der Waals surface area contributed by atoms with Gasteiger partial charge in [-0.05, 0) is 42.7 Å². The number of nitrogens with zero attached hydrogens (tertiary/aromatic N) is 1. The Morgan fingerprint density at radius 2 is 1.73 bits per heavy atom. The van der Waals surface area contributed by atoms with E-state index >= 15 is 0 Å². The number of rotatable bonds is 5. The largest absolute Gasteiger partial charge is 0.481 e. The first-order valence-electron chi connectivity index (χ1n) is 6.94. The van der Waals surface area contributed by atoms with Crippen molar-refractivity contribution in [2.45, 2.75) is 20.5 Å². The van der Waals surface area contributed by atoms with Gasteiger partial charge in [-0.15, -0.1) is 0 Å². The molecule has 0 aromatic heterocycles. The van der Waals surface area contributed by atoms with E-state index < -0.39 is 5.97 Å². The summed E-state index contributed by atoms with van der Waals surface area (Å²) >= 11 is 0. The van der Waals surface area contributed by atoms with Crippen molar-refractivity contribution in [1.82, 2.24) is 0 Å². The van der Waals surface area contributed by atoms with E-state index in [0.717, 1.165) is 22.4 Å². The highest BCUT2D eigenvalue weighted by molar-refractivity contribution is 5.71. The predicted molar refractivity (Wildman–Crippen MR) is 82.4 cm³/mol. The zero-order valence-corrected chi connectivity index (χ0v) is 12.6. The fourth-order valence-corrected chi connectivity index (χ4v) is 2.04. The van der Waals surface area contributed by atoms with Crippen molar-refractivity contribution in [1.29, 1.82) is 5.26 Å². The van der Waals surface area contributed by atoms with E-state index in [9.17, 15) is 4.79 Å². The molecule has 0 aliphatic carbocycles. The molecular weight excluding hydrogens is 278 g/mol. The lowest BCUT2D eigenvalue weighted by molar-refractivity contribution is -0.147. The number of esters is 1. The summed E-state index contributed by atoms with van der Waals surface area (Å²) in [5, 5.41) is 8.72. The molecule has 0 fully saturated rings. The third-order valence-corrected chi connectivity index (χ3v) is 3.23. The number of nitriles is 1. The van der Waals surface area contributed by atoms with Crippen molar-refractivity contribution >= 4 is 5.97 Å². The third-order valence-electron chi connectivity index (χ3n) is 3.23. The Kier molecular flexibility index (Phi) is 5.16. The first-order chi connectivity index (χ1) is 10.6. The number of hydrogen-bond acceptors (Lipinski definition) is 4. The van der Waals surface area contributed by atoms with Gasteiger partial charge >= 0.3 is 5.97 Å². The molecule has 2 rings (SSSR count). The Morgan fingerprint density at radius 1 is 1.09 bits per heavy atom. The molecule has 112 valence electrons. The van der Waals surface area contributed by atoms with Crippen LogP contribution in [0, 0.1) is 25.2 Å². The standard InChI is InChI=1S/C18H17NO3/c1-13-4-3-5-14(2)18(13)22-12-17(20)21-11-16-8-6-15(10-19)7-9-16/h3-9H,11-12H2,1-2H3. The molecule has 0 bridgehead atoms. The van der Waals surface area contributed by atoms with Gasteiger partial charge in [-0.25, -0.2) is 4.79 Å². The summed E-state index contributed by atoms with van der Waals surface area (Å²) < 4.78 is 10.7. The lowest BCUT2D eigenvalue weighted by Crippen LogP contribution is -2.15. The maximum atomic E-state index is 11.7. The number of benzene rings is 2. The van der Waals surface area contributed by atoms with Crippen molar-refractivity contribution in [2.75, 3.05) is 6.61 Å². The highest BCUT2D eigenvalue weighted by Gasteiger charge is 2.08. The first kappa shape index (κ1) is 15.6. The minimum absolute atomic E-state index is 0.123. The van der Waals surface area contributed by atoms with Crippen molar-refractivity contribution < 1.29 is 14.3 Å². The zero-order valence-electron chi connectivity index (χ0n) is 12.6. The number of hydrogen-bond donors (Lipinski definition) is 0. The van der Waals surface area contributed by atoms with Crippen LogP contribution in [0.1, 0.15) is 22.3 Å². The van der Waals surface area contributed by atoms with Gasteiger partial charge in [-0.2, -0.15) is 5.26 Å². The van der Waals surface area contributed by atoms with Crippen LogP contribution < -0.4 is 4.74 Å². The summed E-state index contributed by atoms with van der Waals surface area (Å²) in [6, 6.07) is 14.8. The second-order valence-corrected chi connectivity index (χ2v) is 4.98. The molecule has 0 amide bonds. The summed E-state index contributed by atoms with van der Waals surface area (Å²) in [6.07, 6.45) is 0. The Hall–Kier alpha value is -2.80. The van der Waals surface area contributed by atoms with Gasteiger partial charge in [0.25, 0.3) is 0 Å². The van der Waals surface area contributed by atoms with Crippen LogP contribution in [0.25, 0.3) is 0 Å². The molecule has 0 radical (unpaired) electrons. The Labute approximate surface area is 129 Å². The molecular formula is C18H17NO3. The van der Waals surface area contributed by atoms with Crippen molar-refractivity contribution in [2.24, 2.45) is 0 Å². The minimum Gasteiger partial charge on any atom is -0.481 e. The number of aryl methyl sites for hydroxylation is 2. The third kappa shape index (κ3) is 4.10.